The highest BCUT2D eigenvalue weighted by atomic mass is 16.2. The van der Waals surface area contributed by atoms with Crippen molar-refractivity contribution in [1.29, 1.82) is 0 Å². The van der Waals surface area contributed by atoms with E-state index in [1.54, 1.807) is 12.1 Å². The Balaban J connectivity index is 1.86. The molecule has 1 aromatic carbocycles. The average Bonchev–Trinajstić information content (AvgIpc) is 2.88. The summed E-state index contributed by atoms with van der Waals surface area (Å²) in [7, 11) is 0. The molecule has 0 atom stereocenters. The first-order valence-electron chi connectivity index (χ1n) is 9.20. The molecule has 1 saturated heterocycles. The lowest BCUT2D eigenvalue weighted by molar-refractivity contribution is -0.144. The van der Waals surface area contributed by atoms with Gasteiger partial charge in [-0.15, -0.1) is 0 Å². The van der Waals surface area contributed by atoms with Gasteiger partial charge < -0.3 is 10.6 Å². The molecular weight excluding hydrogens is 364 g/mol. The summed E-state index contributed by atoms with van der Waals surface area (Å²) in [5, 5.41) is 5.06. The molecule has 6 amide bonds. The Morgan fingerprint density at radius 1 is 0.964 bits per heavy atom. The van der Waals surface area contributed by atoms with Crippen molar-refractivity contribution in [2.45, 2.75) is 33.1 Å². The van der Waals surface area contributed by atoms with Crippen LogP contribution in [0.15, 0.2) is 24.3 Å². The molecule has 0 saturated carbocycles. The number of carbonyl (C=O) groups is 5. The van der Waals surface area contributed by atoms with E-state index in [1.165, 1.54) is 0 Å². The third kappa shape index (κ3) is 4.93. The van der Waals surface area contributed by atoms with E-state index in [0.717, 1.165) is 23.3 Å². The molecule has 1 aliphatic rings. The number of benzene rings is 1. The van der Waals surface area contributed by atoms with E-state index in [2.05, 4.69) is 10.6 Å². The zero-order valence-electron chi connectivity index (χ0n) is 16.0. The van der Waals surface area contributed by atoms with Gasteiger partial charge in [0, 0.05) is 12.2 Å². The van der Waals surface area contributed by atoms with E-state index in [1.807, 2.05) is 26.0 Å². The molecule has 9 nitrogen and oxygen atoms in total. The van der Waals surface area contributed by atoms with E-state index in [0.29, 0.717) is 17.0 Å². The van der Waals surface area contributed by atoms with Crippen LogP contribution in [0.2, 0.25) is 0 Å². The van der Waals surface area contributed by atoms with Gasteiger partial charge in [-0.1, -0.05) is 38.5 Å². The molecule has 150 valence electrons. The van der Waals surface area contributed by atoms with Crippen molar-refractivity contribution in [3.8, 4) is 0 Å². The zero-order chi connectivity index (χ0) is 20.7. The van der Waals surface area contributed by atoms with Crippen LogP contribution >= 0.6 is 0 Å². The van der Waals surface area contributed by atoms with Gasteiger partial charge in [0.15, 0.2) is 0 Å². The molecule has 1 aliphatic heterocycles. The summed E-state index contributed by atoms with van der Waals surface area (Å²) in [6, 6.07) is 6.50. The van der Waals surface area contributed by atoms with Gasteiger partial charge in [-0.2, -0.15) is 0 Å². The summed E-state index contributed by atoms with van der Waals surface area (Å²) >= 11 is 0. The number of unbranched alkanes of at least 4 members (excludes halogenated alkanes) is 1. The Labute approximate surface area is 163 Å². The second-order valence-electron chi connectivity index (χ2n) is 6.32. The monoisotopic (exact) mass is 388 g/mol. The van der Waals surface area contributed by atoms with Crippen LogP contribution < -0.4 is 10.6 Å². The van der Waals surface area contributed by atoms with Crippen LogP contribution in [0.25, 0.3) is 0 Å². The van der Waals surface area contributed by atoms with Gasteiger partial charge in [-0.3, -0.25) is 24.1 Å². The maximum Gasteiger partial charge on any atom is 0.334 e. The molecule has 0 aliphatic carbocycles. The SMILES string of the molecule is CCCCN1C(=O)C(=O)N(CC(=O)NCC(=O)Nc2ccccc2CC)C1=O. The van der Waals surface area contributed by atoms with Crippen molar-refractivity contribution in [2.75, 3.05) is 25.0 Å². The molecule has 1 heterocycles. The van der Waals surface area contributed by atoms with Gasteiger partial charge in [0.05, 0.1) is 6.54 Å². The van der Waals surface area contributed by atoms with Crippen LogP contribution in [0, 0.1) is 0 Å². The first kappa shape index (κ1) is 21.1. The molecule has 1 aromatic rings. The number of carbonyl (C=O) groups excluding carboxylic acids is 5. The van der Waals surface area contributed by atoms with Gasteiger partial charge >= 0.3 is 17.8 Å². The van der Waals surface area contributed by atoms with Crippen LogP contribution in [0.1, 0.15) is 32.3 Å². The molecule has 28 heavy (non-hydrogen) atoms. The number of para-hydroxylation sites is 1. The van der Waals surface area contributed by atoms with Gasteiger partial charge in [0.1, 0.15) is 6.54 Å². The summed E-state index contributed by atoms with van der Waals surface area (Å²) in [6.45, 7) is 3.06. The fourth-order valence-electron chi connectivity index (χ4n) is 2.73. The van der Waals surface area contributed by atoms with Crippen LogP contribution in [0.4, 0.5) is 10.5 Å². The van der Waals surface area contributed by atoms with Gasteiger partial charge in [0.25, 0.3) is 0 Å². The van der Waals surface area contributed by atoms with Crippen molar-refractivity contribution < 1.29 is 24.0 Å². The molecular formula is C19H24N4O5. The Kier molecular flexibility index (Phi) is 7.25. The molecule has 1 fully saturated rings. The Hall–Kier alpha value is -3.23. The van der Waals surface area contributed by atoms with E-state index < -0.39 is 36.2 Å². The Morgan fingerprint density at radius 2 is 1.64 bits per heavy atom. The predicted molar refractivity (Wildman–Crippen MR) is 101 cm³/mol. The number of aryl methyl sites for hydroxylation is 1. The molecule has 2 rings (SSSR count). The standard InChI is InChI=1S/C19H24N4O5/c1-3-5-10-22-17(26)18(27)23(19(22)28)12-16(25)20-11-15(24)21-14-9-7-6-8-13(14)4-2/h6-9H,3-5,10-12H2,1-2H3,(H,20,25)(H,21,24). The Bertz CT molecular complexity index is 792. The minimum absolute atomic E-state index is 0.136. The second kappa shape index (κ2) is 9.63. The van der Waals surface area contributed by atoms with Crippen molar-refractivity contribution in [1.82, 2.24) is 15.1 Å². The van der Waals surface area contributed by atoms with Crippen LogP contribution in [0.5, 0.6) is 0 Å². The third-order valence-electron chi connectivity index (χ3n) is 4.29. The van der Waals surface area contributed by atoms with E-state index in [-0.39, 0.29) is 13.1 Å². The number of urea groups is 1. The molecule has 0 bridgehead atoms. The van der Waals surface area contributed by atoms with Crippen LogP contribution in [0.3, 0.4) is 0 Å². The Morgan fingerprint density at radius 3 is 2.32 bits per heavy atom. The fraction of sp³-hybridized carbons (Fsp3) is 0.421. The van der Waals surface area contributed by atoms with Crippen molar-refractivity contribution in [3.63, 3.8) is 0 Å². The summed E-state index contributed by atoms with van der Waals surface area (Å²) in [5.41, 5.74) is 1.62. The van der Waals surface area contributed by atoms with E-state index in [9.17, 15) is 24.0 Å². The number of hydrogen-bond donors (Lipinski definition) is 2. The second-order valence-corrected chi connectivity index (χ2v) is 6.32. The third-order valence-corrected chi connectivity index (χ3v) is 4.29. The van der Waals surface area contributed by atoms with E-state index >= 15 is 0 Å². The predicted octanol–water partition coefficient (Wildman–Crippen LogP) is 0.895. The van der Waals surface area contributed by atoms with Crippen LogP contribution in [-0.4, -0.2) is 59.1 Å². The number of anilines is 1. The van der Waals surface area contributed by atoms with E-state index in [4.69, 9.17) is 0 Å². The molecule has 0 unspecified atom stereocenters. The highest BCUT2D eigenvalue weighted by molar-refractivity contribution is 6.45. The van der Waals surface area contributed by atoms with Crippen molar-refractivity contribution >= 4 is 35.3 Å². The average molecular weight is 388 g/mol. The minimum atomic E-state index is -1.03. The van der Waals surface area contributed by atoms with Crippen molar-refractivity contribution in [2.24, 2.45) is 0 Å². The topological polar surface area (TPSA) is 116 Å². The first-order chi connectivity index (χ1) is 13.4. The summed E-state index contributed by atoms with van der Waals surface area (Å²) in [6.07, 6.45) is 2.07. The maximum atomic E-state index is 12.2. The number of nitrogens with one attached hydrogen (secondary N) is 2. The minimum Gasteiger partial charge on any atom is -0.345 e. The maximum absolute atomic E-state index is 12.2. The molecule has 0 aromatic heterocycles. The molecule has 9 heteroatoms. The lowest BCUT2D eigenvalue weighted by Gasteiger charge is -2.15. The number of imide groups is 2. The summed E-state index contributed by atoms with van der Waals surface area (Å²) in [4.78, 5) is 61.5. The smallest absolute Gasteiger partial charge is 0.334 e. The lowest BCUT2D eigenvalue weighted by atomic mass is 10.1. The van der Waals surface area contributed by atoms with Crippen LogP contribution in [-0.2, 0) is 25.6 Å². The summed E-state index contributed by atoms with van der Waals surface area (Å²) in [5.74, 6) is -3.10. The number of amides is 6. The zero-order valence-corrected chi connectivity index (χ0v) is 16.0. The highest BCUT2D eigenvalue weighted by Gasteiger charge is 2.44. The van der Waals surface area contributed by atoms with Gasteiger partial charge in [0.2, 0.25) is 11.8 Å². The van der Waals surface area contributed by atoms with Gasteiger partial charge in [-0.05, 0) is 24.5 Å². The normalized spacial score (nSPS) is 13.9. The highest BCUT2D eigenvalue weighted by Crippen LogP contribution is 2.15. The number of rotatable bonds is 9. The van der Waals surface area contributed by atoms with Gasteiger partial charge in [-0.25, -0.2) is 9.69 Å². The molecule has 0 spiro atoms. The number of nitrogens with zero attached hydrogens (tertiary/aromatic N) is 2. The molecule has 0 radical (unpaired) electrons. The first-order valence-corrected chi connectivity index (χ1v) is 9.20. The largest absolute Gasteiger partial charge is 0.345 e. The summed E-state index contributed by atoms with van der Waals surface area (Å²) < 4.78 is 0. The molecule has 2 N–H and O–H groups in total. The lowest BCUT2D eigenvalue weighted by Crippen LogP contribution is -2.43. The quantitative estimate of drug-likeness (QED) is 0.482. The number of hydrogen-bond acceptors (Lipinski definition) is 5. The van der Waals surface area contributed by atoms with Crippen molar-refractivity contribution in [3.05, 3.63) is 29.8 Å². The fourth-order valence-corrected chi connectivity index (χ4v) is 2.73.